The van der Waals surface area contributed by atoms with E-state index in [1.165, 1.54) is 38.5 Å². The third-order valence-electron chi connectivity index (χ3n) is 4.39. The minimum atomic E-state index is -0.382. The topological polar surface area (TPSA) is 32.3 Å². The second-order valence-electron chi connectivity index (χ2n) is 5.65. The summed E-state index contributed by atoms with van der Waals surface area (Å²) in [5.74, 6) is 0.856. The highest BCUT2D eigenvalue weighted by Crippen LogP contribution is 2.30. The molecule has 2 saturated carbocycles. The fraction of sp³-hybridized carbons (Fsp3) is 1.00. The molecule has 0 saturated heterocycles. The smallest absolute Gasteiger partial charge is 0.0771 e. The van der Waals surface area contributed by atoms with Crippen molar-refractivity contribution >= 4 is 0 Å². The van der Waals surface area contributed by atoms with Crippen LogP contribution in [0.1, 0.15) is 58.3 Å². The van der Waals surface area contributed by atoms with Crippen molar-refractivity contribution in [2.75, 3.05) is 6.54 Å². The summed E-state index contributed by atoms with van der Waals surface area (Å²) in [6.45, 7) is 3.10. The van der Waals surface area contributed by atoms with Gasteiger partial charge in [-0.05, 0) is 38.5 Å². The van der Waals surface area contributed by atoms with E-state index in [1.807, 2.05) is 0 Å². The monoisotopic (exact) mass is 211 g/mol. The van der Waals surface area contributed by atoms with Gasteiger partial charge in [0.15, 0.2) is 0 Å². The molecule has 88 valence electrons. The maximum atomic E-state index is 10.2. The van der Waals surface area contributed by atoms with Crippen LogP contribution >= 0.6 is 0 Å². The Labute approximate surface area is 93.5 Å². The lowest BCUT2D eigenvalue weighted by Crippen LogP contribution is -2.43. The summed E-state index contributed by atoms with van der Waals surface area (Å²) in [4.78, 5) is 0. The Bertz CT molecular complexity index is 193. The maximum Gasteiger partial charge on any atom is 0.0771 e. The van der Waals surface area contributed by atoms with E-state index in [2.05, 4.69) is 12.2 Å². The van der Waals surface area contributed by atoms with E-state index >= 15 is 0 Å². The van der Waals surface area contributed by atoms with Gasteiger partial charge in [-0.1, -0.05) is 25.7 Å². The normalized spacial score (nSPS) is 28.4. The standard InChI is InChI=1S/C13H25NO/c1-11(12-6-2-3-7-12)14-10-13(15)8-4-5-9-13/h11-12,14-15H,2-10H2,1H3/t11-/m0/s1. The molecular weight excluding hydrogens is 186 g/mol. The molecule has 0 bridgehead atoms. The molecule has 2 N–H and O–H groups in total. The number of aliphatic hydroxyl groups is 1. The van der Waals surface area contributed by atoms with E-state index in [1.54, 1.807) is 0 Å². The van der Waals surface area contributed by atoms with Crippen LogP contribution in [0.4, 0.5) is 0 Å². The molecule has 2 fully saturated rings. The van der Waals surface area contributed by atoms with Crippen molar-refractivity contribution in [3.05, 3.63) is 0 Å². The summed E-state index contributed by atoms with van der Waals surface area (Å²) in [5, 5.41) is 13.8. The van der Waals surface area contributed by atoms with Crippen LogP contribution in [0.3, 0.4) is 0 Å². The molecule has 0 heterocycles. The molecule has 2 nitrogen and oxygen atoms in total. The van der Waals surface area contributed by atoms with Crippen molar-refractivity contribution in [2.45, 2.75) is 69.9 Å². The fourth-order valence-electron chi connectivity index (χ4n) is 3.18. The second-order valence-corrected chi connectivity index (χ2v) is 5.65. The Morgan fingerprint density at radius 1 is 1.20 bits per heavy atom. The van der Waals surface area contributed by atoms with Crippen LogP contribution in [0, 0.1) is 5.92 Å². The third kappa shape index (κ3) is 2.94. The quantitative estimate of drug-likeness (QED) is 0.748. The average Bonchev–Trinajstić information content (AvgIpc) is 2.85. The van der Waals surface area contributed by atoms with Crippen LogP contribution in [-0.4, -0.2) is 23.3 Å². The van der Waals surface area contributed by atoms with Gasteiger partial charge in [-0.3, -0.25) is 0 Å². The Kier molecular flexibility index (Phi) is 3.68. The first-order chi connectivity index (χ1) is 7.20. The molecule has 1 atom stereocenters. The molecule has 0 amide bonds. The van der Waals surface area contributed by atoms with Crippen LogP contribution in [0.25, 0.3) is 0 Å². The first kappa shape index (κ1) is 11.4. The van der Waals surface area contributed by atoms with Crippen LogP contribution < -0.4 is 5.32 Å². The van der Waals surface area contributed by atoms with E-state index in [9.17, 15) is 5.11 Å². The molecule has 0 aromatic rings. The second kappa shape index (κ2) is 4.84. The highest BCUT2D eigenvalue weighted by molar-refractivity contribution is 4.88. The zero-order chi connectivity index (χ0) is 10.7. The zero-order valence-electron chi connectivity index (χ0n) is 9.97. The number of hydrogen-bond acceptors (Lipinski definition) is 2. The Morgan fingerprint density at radius 2 is 1.80 bits per heavy atom. The molecule has 2 aliphatic rings. The first-order valence-electron chi connectivity index (χ1n) is 6.65. The van der Waals surface area contributed by atoms with Crippen LogP contribution in [0.5, 0.6) is 0 Å². The van der Waals surface area contributed by atoms with Crippen LogP contribution in [0.2, 0.25) is 0 Å². The summed E-state index contributed by atoms with van der Waals surface area (Å²) >= 11 is 0. The fourth-order valence-corrected chi connectivity index (χ4v) is 3.18. The molecule has 0 unspecified atom stereocenters. The predicted molar refractivity (Wildman–Crippen MR) is 62.8 cm³/mol. The van der Waals surface area contributed by atoms with Gasteiger partial charge in [-0.25, -0.2) is 0 Å². The summed E-state index contributed by atoms with van der Waals surface area (Å²) in [6.07, 6.45) is 9.97. The van der Waals surface area contributed by atoms with E-state index in [-0.39, 0.29) is 5.60 Å². The molecular formula is C13H25NO. The Balaban J connectivity index is 1.72. The number of hydrogen-bond donors (Lipinski definition) is 2. The van der Waals surface area contributed by atoms with E-state index in [4.69, 9.17) is 0 Å². The molecule has 0 radical (unpaired) electrons. The van der Waals surface area contributed by atoms with Gasteiger partial charge in [-0.2, -0.15) is 0 Å². The van der Waals surface area contributed by atoms with Gasteiger partial charge in [0, 0.05) is 12.6 Å². The van der Waals surface area contributed by atoms with Crippen molar-refractivity contribution in [3.8, 4) is 0 Å². The highest BCUT2D eigenvalue weighted by Gasteiger charge is 2.32. The largest absolute Gasteiger partial charge is 0.389 e. The molecule has 2 heteroatoms. The Morgan fingerprint density at radius 3 is 2.40 bits per heavy atom. The molecule has 15 heavy (non-hydrogen) atoms. The summed E-state index contributed by atoms with van der Waals surface area (Å²) in [5.41, 5.74) is -0.382. The summed E-state index contributed by atoms with van der Waals surface area (Å²) in [7, 11) is 0. The molecule has 0 aromatic carbocycles. The van der Waals surface area contributed by atoms with Crippen molar-refractivity contribution in [3.63, 3.8) is 0 Å². The van der Waals surface area contributed by atoms with E-state index in [0.717, 1.165) is 25.3 Å². The zero-order valence-corrected chi connectivity index (χ0v) is 9.97. The average molecular weight is 211 g/mol. The van der Waals surface area contributed by atoms with E-state index < -0.39 is 0 Å². The van der Waals surface area contributed by atoms with Gasteiger partial charge in [0.25, 0.3) is 0 Å². The molecule has 2 aliphatic carbocycles. The lowest BCUT2D eigenvalue weighted by Gasteiger charge is -2.27. The van der Waals surface area contributed by atoms with Gasteiger partial charge in [0.2, 0.25) is 0 Å². The van der Waals surface area contributed by atoms with Gasteiger partial charge >= 0.3 is 0 Å². The van der Waals surface area contributed by atoms with Crippen molar-refractivity contribution < 1.29 is 5.11 Å². The van der Waals surface area contributed by atoms with Crippen LogP contribution in [0.15, 0.2) is 0 Å². The van der Waals surface area contributed by atoms with E-state index in [0.29, 0.717) is 6.04 Å². The van der Waals surface area contributed by atoms with Crippen LogP contribution in [-0.2, 0) is 0 Å². The van der Waals surface area contributed by atoms with Crippen molar-refractivity contribution in [1.82, 2.24) is 5.32 Å². The van der Waals surface area contributed by atoms with Gasteiger partial charge < -0.3 is 10.4 Å². The minimum Gasteiger partial charge on any atom is -0.389 e. The van der Waals surface area contributed by atoms with Gasteiger partial charge in [0.05, 0.1) is 5.60 Å². The third-order valence-corrected chi connectivity index (χ3v) is 4.39. The molecule has 0 aliphatic heterocycles. The lowest BCUT2D eigenvalue weighted by molar-refractivity contribution is 0.0433. The number of nitrogens with one attached hydrogen (secondary N) is 1. The minimum absolute atomic E-state index is 0.382. The summed E-state index contributed by atoms with van der Waals surface area (Å²) < 4.78 is 0. The lowest BCUT2D eigenvalue weighted by atomic mass is 9.97. The SMILES string of the molecule is C[C@H](NCC1(O)CCCC1)C1CCCC1. The predicted octanol–water partition coefficient (Wildman–Crippen LogP) is 2.46. The summed E-state index contributed by atoms with van der Waals surface area (Å²) in [6, 6.07) is 0.595. The Hall–Kier alpha value is -0.0800. The van der Waals surface area contributed by atoms with Gasteiger partial charge in [-0.15, -0.1) is 0 Å². The first-order valence-corrected chi connectivity index (χ1v) is 6.65. The van der Waals surface area contributed by atoms with Gasteiger partial charge in [0.1, 0.15) is 0 Å². The maximum absolute atomic E-state index is 10.2. The molecule has 2 rings (SSSR count). The highest BCUT2D eigenvalue weighted by atomic mass is 16.3. The van der Waals surface area contributed by atoms with Crippen molar-refractivity contribution in [1.29, 1.82) is 0 Å². The molecule has 0 aromatic heterocycles. The van der Waals surface area contributed by atoms with Crippen molar-refractivity contribution in [2.24, 2.45) is 5.92 Å². The molecule has 0 spiro atoms. The number of rotatable bonds is 4.